The molecule has 1 spiro atoms. The molecule has 4 aliphatic rings. The number of carbonyl (C=O) groups is 1. The van der Waals surface area contributed by atoms with E-state index in [9.17, 15) is 13.6 Å². The van der Waals surface area contributed by atoms with E-state index in [1.165, 1.54) is 16.1 Å². The van der Waals surface area contributed by atoms with Crippen LogP contribution in [0.15, 0.2) is 30.3 Å². The average Bonchev–Trinajstić information content (AvgIpc) is 3.47. The lowest BCUT2D eigenvalue weighted by molar-refractivity contribution is -0.697. The Morgan fingerprint density at radius 3 is 2.55 bits per heavy atom. The van der Waals surface area contributed by atoms with Crippen molar-refractivity contribution in [3.8, 4) is 0 Å². The number of rotatable bonds is 3. The van der Waals surface area contributed by atoms with Crippen LogP contribution < -0.4 is 35.4 Å². The van der Waals surface area contributed by atoms with Crippen molar-refractivity contribution in [3.05, 3.63) is 51.5 Å². The number of halogens is 4. The highest BCUT2D eigenvalue weighted by atomic mass is 35.5. The van der Waals surface area contributed by atoms with Crippen LogP contribution in [-0.2, 0) is 16.6 Å². The van der Waals surface area contributed by atoms with Crippen molar-refractivity contribution in [2.75, 3.05) is 26.2 Å². The number of alkyl halides is 2. The number of likely N-dealkylation sites (tertiary alicyclic amines) is 1. The summed E-state index contributed by atoms with van der Waals surface area (Å²) < 4.78 is 28.3. The highest BCUT2D eigenvalue weighted by Gasteiger charge is 2.58. The number of nitrogens with zero attached hydrogens (tertiary/aromatic N) is 2. The first-order valence-electron chi connectivity index (χ1n) is 14.6. The van der Waals surface area contributed by atoms with Crippen LogP contribution in [0.3, 0.4) is 0 Å². The smallest absolute Gasteiger partial charge is 0.248 e. The number of quaternary nitrogens is 2. The monoisotopic (exact) mass is 614 g/mol. The summed E-state index contributed by atoms with van der Waals surface area (Å²) in [6.07, 6.45) is 3.68. The van der Waals surface area contributed by atoms with Gasteiger partial charge in [-0.3, -0.25) is 4.79 Å². The van der Waals surface area contributed by atoms with Gasteiger partial charge in [-0.2, -0.15) is 0 Å². The van der Waals surface area contributed by atoms with Gasteiger partial charge in [0.25, 0.3) is 0 Å². The van der Waals surface area contributed by atoms with Crippen LogP contribution in [0.25, 0.3) is 0 Å². The standard InChI is InChI=1S/C30H40F2N4OS.2ClH/c1-19-14-25-27(38-20(2)35-25)29(18-34-19)17-33-16-24(29)28(37)36-13-10-23(21-6-4-3-5-7-21)15-26(36)22-8-11-30(31,32)12-9-22;;/h3-7,19,22-24,26,33-34H,8-18H2,1-2H3;2*1H/t19-,23-,24+,26+,29+;;/m1../s1. The molecular formula is C30H42Cl2F2N4OS. The fourth-order valence-corrected chi connectivity index (χ4v) is 9.18. The zero-order valence-corrected chi connectivity index (χ0v) is 25.8. The molecule has 0 bridgehead atoms. The number of aromatic nitrogens is 1. The molecule has 222 valence electrons. The molecule has 40 heavy (non-hydrogen) atoms. The molecule has 5 nitrogen and oxygen atoms in total. The quantitative estimate of drug-likeness (QED) is 0.387. The Hall–Kier alpha value is -1.32. The van der Waals surface area contributed by atoms with Gasteiger partial charge in [-0.15, -0.1) is 11.3 Å². The van der Waals surface area contributed by atoms with E-state index in [0.29, 0.717) is 24.8 Å². The number of aryl methyl sites for hydroxylation is 1. The van der Waals surface area contributed by atoms with Crippen molar-refractivity contribution in [1.29, 1.82) is 0 Å². The molecule has 1 aromatic heterocycles. The average molecular weight is 616 g/mol. The topological polar surface area (TPSA) is 66.4 Å². The first-order valence-corrected chi connectivity index (χ1v) is 15.4. The lowest BCUT2D eigenvalue weighted by Crippen LogP contribution is -3.00. The predicted octanol–water partition coefficient (Wildman–Crippen LogP) is -3.00. The van der Waals surface area contributed by atoms with Crippen molar-refractivity contribution in [2.45, 2.75) is 88.1 Å². The van der Waals surface area contributed by atoms with Crippen LogP contribution in [0.5, 0.6) is 0 Å². The van der Waals surface area contributed by atoms with E-state index in [2.05, 4.69) is 53.6 Å². The maximum atomic E-state index is 14.6. The van der Waals surface area contributed by atoms with Crippen LogP contribution in [-0.4, -0.2) is 60.0 Å². The molecule has 0 radical (unpaired) electrons. The summed E-state index contributed by atoms with van der Waals surface area (Å²) in [5.41, 5.74) is 2.30. The second kappa shape index (κ2) is 12.5. The Morgan fingerprint density at radius 2 is 1.82 bits per heavy atom. The first-order chi connectivity index (χ1) is 18.3. The first kappa shape index (κ1) is 31.6. The molecule has 4 N–H and O–H groups in total. The van der Waals surface area contributed by atoms with Gasteiger partial charge in [-0.25, -0.2) is 13.8 Å². The maximum absolute atomic E-state index is 14.6. The van der Waals surface area contributed by atoms with Crippen LogP contribution in [0.1, 0.15) is 72.5 Å². The van der Waals surface area contributed by atoms with Gasteiger partial charge in [0, 0.05) is 36.7 Å². The Kier molecular flexibility index (Phi) is 9.88. The van der Waals surface area contributed by atoms with Gasteiger partial charge < -0.3 is 40.3 Å². The van der Waals surface area contributed by atoms with E-state index in [0.717, 1.165) is 50.4 Å². The Morgan fingerprint density at radius 1 is 1.10 bits per heavy atom. The lowest BCUT2D eigenvalue weighted by Gasteiger charge is -2.47. The minimum atomic E-state index is -2.56. The molecule has 5 atom stereocenters. The molecule has 3 aliphatic heterocycles. The summed E-state index contributed by atoms with van der Waals surface area (Å²) >= 11 is 1.79. The Labute approximate surface area is 253 Å². The molecule has 4 heterocycles. The highest BCUT2D eigenvalue weighted by molar-refractivity contribution is 7.11. The molecule has 1 aliphatic carbocycles. The number of piperidine rings is 1. The molecule has 1 amide bonds. The number of carbonyl (C=O) groups excluding carboxylic acids is 1. The number of nitrogens with two attached hydrogens (primary N) is 2. The summed E-state index contributed by atoms with van der Waals surface area (Å²) in [6, 6.07) is 11.1. The van der Waals surface area contributed by atoms with Gasteiger partial charge in [-0.1, -0.05) is 30.3 Å². The number of fused-ring (bicyclic) bond motifs is 2. The molecule has 2 saturated heterocycles. The summed E-state index contributed by atoms with van der Waals surface area (Å²) in [5.74, 6) is -1.87. The number of hydrogen-bond acceptors (Lipinski definition) is 3. The van der Waals surface area contributed by atoms with Gasteiger partial charge >= 0.3 is 0 Å². The van der Waals surface area contributed by atoms with E-state index in [1.54, 1.807) is 11.3 Å². The Bertz CT molecular complexity index is 1160. The number of benzene rings is 1. The second-order valence-electron chi connectivity index (χ2n) is 12.5. The van der Waals surface area contributed by atoms with Crippen molar-refractivity contribution in [3.63, 3.8) is 0 Å². The van der Waals surface area contributed by atoms with Crippen LogP contribution >= 0.6 is 11.3 Å². The molecule has 6 rings (SSSR count). The zero-order chi connectivity index (χ0) is 26.5. The predicted molar refractivity (Wildman–Crippen MR) is 144 cm³/mol. The molecule has 0 unspecified atom stereocenters. The minimum Gasteiger partial charge on any atom is -1.00 e. The van der Waals surface area contributed by atoms with Gasteiger partial charge in [0.05, 0.1) is 36.4 Å². The van der Waals surface area contributed by atoms with E-state index in [-0.39, 0.29) is 66.9 Å². The van der Waals surface area contributed by atoms with Crippen molar-refractivity contribution in [1.82, 2.24) is 9.88 Å². The number of hydrogen-bond donors (Lipinski definition) is 2. The van der Waals surface area contributed by atoms with Crippen LogP contribution in [0.4, 0.5) is 8.78 Å². The maximum Gasteiger partial charge on any atom is 0.248 e. The fourth-order valence-electron chi connectivity index (χ4n) is 7.97. The van der Waals surface area contributed by atoms with Crippen molar-refractivity contribution >= 4 is 17.2 Å². The number of thiazole rings is 1. The van der Waals surface area contributed by atoms with Gasteiger partial charge in [-0.05, 0) is 56.9 Å². The molecule has 10 heteroatoms. The third-order valence-corrected chi connectivity index (χ3v) is 11.3. The minimum absolute atomic E-state index is 0. The molecular weight excluding hydrogens is 573 g/mol. The van der Waals surface area contributed by atoms with E-state index in [1.807, 2.05) is 6.07 Å². The lowest BCUT2D eigenvalue weighted by atomic mass is 9.72. The van der Waals surface area contributed by atoms with Crippen molar-refractivity contribution in [2.24, 2.45) is 11.8 Å². The zero-order valence-electron chi connectivity index (χ0n) is 23.4. The summed E-state index contributed by atoms with van der Waals surface area (Å²) in [4.78, 5) is 23.1. The summed E-state index contributed by atoms with van der Waals surface area (Å²) in [7, 11) is 0. The summed E-state index contributed by atoms with van der Waals surface area (Å²) in [5, 5.41) is 5.84. The van der Waals surface area contributed by atoms with E-state index in [4.69, 9.17) is 4.98 Å². The third kappa shape index (κ3) is 5.94. The Balaban J connectivity index is 0.00000185. The molecule has 3 fully saturated rings. The highest BCUT2D eigenvalue weighted by Crippen LogP contribution is 2.46. The van der Waals surface area contributed by atoms with Gasteiger partial charge in [0.1, 0.15) is 11.3 Å². The number of amides is 1. The normalized spacial score (nSPS) is 32.0. The molecule has 1 aromatic carbocycles. The summed E-state index contributed by atoms with van der Waals surface area (Å²) in [6.45, 7) is 7.69. The third-order valence-electron chi connectivity index (χ3n) is 10.0. The molecule has 1 saturated carbocycles. The van der Waals surface area contributed by atoms with Gasteiger partial charge in [0.15, 0.2) is 0 Å². The largest absolute Gasteiger partial charge is 1.00 e. The SMILES string of the molecule is Cc1nc2c(s1)[C@@]1(C[NH2+]C[C@H]1C(=O)N1CC[C@@H](c3ccccc3)C[C@H]1C1CCC(F)(F)CC1)C[NH2+][C@H](C)C2.[Cl-].[Cl-]. The second-order valence-corrected chi connectivity index (χ2v) is 13.7. The van der Waals surface area contributed by atoms with E-state index < -0.39 is 5.92 Å². The fraction of sp³-hybridized carbons (Fsp3) is 0.667. The van der Waals surface area contributed by atoms with Crippen LogP contribution in [0, 0.1) is 18.8 Å². The van der Waals surface area contributed by atoms with Gasteiger partial charge in [0.2, 0.25) is 11.8 Å². The molecule has 2 aromatic rings. The van der Waals surface area contributed by atoms with Crippen molar-refractivity contribution < 1.29 is 49.0 Å². The van der Waals surface area contributed by atoms with E-state index >= 15 is 0 Å². The van der Waals surface area contributed by atoms with Crippen LogP contribution in [0.2, 0.25) is 0 Å².